The highest BCUT2D eigenvalue weighted by molar-refractivity contribution is 7.18. The van der Waals surface area contributed by atoms with E-state index in [1.807, 2.05) is 0 Å². The third-order valence-electron chi connectivity index (χ3n) is 2.13. The first-order chi connectivity index (χ1) is 8.69. The number of hydrogen-bond donors (Lipinski definition) is 1. The van der Waals surface area contributed by atoms with E-state index in [1.165, 1.54) is 6.92 Å². The summed E-state index contributed by atoms with van der Waals surface area (Å²) in [5.41, 5.74) is -1.24. The zero-order valence-electron chi connectivity index (χ0n) is 9.21. The van der Waals surface area contributed by atoms with Gasteiger partial charge in [-0.2, -0.15) is 0 Å². The lowest BCUT2D eigenvalue weighted by atomic mass is 10.2. The molecule has 2 rings (SSSR count). The maximum atomic E-state index is 13.8. The topological polar surface area (TPSA) is 59.4 Å². The van der Waals surface area contributed by atoms with Gasteiger partial charge in [0.1, 0.15) is 11.1 Å². The van der Waals surface area contributed by atoms with Gasteiger partial charge >= 0.3 is 12.3 Å². The molecule has 0 bridgehead atoms. The number of aromatic carboxylic acids is 1. The molecular weight excluding hydrogens is 290 g/mol. The molecule has 0 aliphatic carbocycles. The highest BCUT2D eigenvalue weighted by Crippen LogP contribution is 2.36. The Labute approximate surface area is 107 Å². The largest absolute Gasteiger partial charge is 0.573 e. The molecule has 102 valence electrons. The van der Waals surface area contributed by atoms with E-state index in [1.54, 1.807) is 0 Å². The maximum Gasteiger partial charge on any atom is 0.573 e. The predicted molar refractivity (Wildman–Crippen MR) is 58.0 cm³/mol. The lowest BCUT2D eigenvalue weighted by Crippen LogP contribution is -2.18. The third kappa shape index (κ3) is 2.60. The molecule has 0 aliphatic heterocycles. The molecule has 0 unspecified atom stereocenters. The Kier molecular flexibility index (Phi) is 3.09. The molecule has 0 radical (unpaired) electrons. The number of nitrogens with zero attached hydrogens (tertiary/aromatic N) is 1. The first-order valence-electron chi connectivity index (χ1n) is 4.77. The number of alkyl halides is 3. The molecule has 0 spiro atoms. The van der Waals surface area contributed by atoms with Gasteiger partial charge in [-0.15, -0.1) is 24.5 Å². The van der Waals surface area contributed by atoms with Crippen LogP contribution in [0.1, 0.15) is 15.4 Å². The van der Waals surface area contributed by atoms with Crippen molar-refractivity contribution in [2.45, 2.75) is 13.3 Å². The van der Waals surface area contributed by atoms with Gasteiger partial charge in [0.25, 0.3) is 0 Å². The minimum atomic E-state index is -5.02. The van der Waals surface area contributed by atoms with E-state index in [2.05, 4.69) is 9.72 Å². The van der Waals surface area contributed by atoms with Crippen molar-refractivity contribution in [2.75, 3.05) is 0 Å². The van der Waals surface area contributed by atoms with Gasteiger partial charge in [-0.3, -0.25) is 0 Å². The number of carboxylic acid groups (broad SMARTS) is 1. The minimum Gasteiger partial charge on any atom is -0.478 e. The summed E-state index contributed by atoms with van der Waals surface area (Å²) in [6, 6.07) is 0.479. The Morgan fingerprint density at radius 1 is 1.47 bits per heavy atom. The zero-order chi connectivity index (χ0) is 14.4. The van der Waals surface area contributed by atoms with Gasteiger partial charge in [-0.25, -0.2) is 14.2 Å². The van der Waals surface area contributed by atoms with Gasteiger partial charge in [0.05, 0.1) is 9.71 Å². The second kappa shape index (κ2) is 4.34. The average Bonchev–Trinajstić information content (AvgIpc) is 2.62. The molecule has 9 heteroatoms. The van der Waals surface area contributed by atoms with Crippen LogP contribution in [0.4, 0.5) is 17.6 Å². The Hall–Kier alpha value is -1.90. The summed E-state index contributed by atoms with van der Waals surface area (Å²) in [5, 5.41) is 9.06. The number of rotatable bonds is 2. The number of benzene rings is 1. The number of carbonyl (C=O) groups is 1. The van der Waals surface area contributed by atoms with Crippen molar-refractivity contribution < 1.29 is 32.2 Å². The van der Waals surface area contributed by atoms with Gasteiger partial charge in [-0.05, 0) is 6.92 Å². The number of halogens is 4. The van der Waals surface area contributed by atoms with Crippen LogP contribution >= 0.6 is 11.3 Å². The highest BCUT2D eigenvalue weighted by Gasteiger charge is 2.33. The summed E-state index contributed by atoms with van der Waals surface area (Å²) in [4.78, 5) is 14.5. The number of ether oxygens (including phenoxy) is 1. The number of fused-ring (bicyclic) bond motifs is 1. The van der Waals surface area contributed by atoms with E-state index < -0.39 is 29.5 Å². The van der Waals surface area contributed by atoms with E-state index in [4.69, 9.17) is 5.11 Å². The second-order valence-electron chi connectivity index (χ2n) is 3.50. The summed E-state index contributed by atoms with van der Waals surface area (Å²) in [5.74, 6) is -3.63. The van der Waals surface area contributed by atoms with Crippen molar-refractivity contribution in [1.29, 1.82) is 0 Å². The van der Waals surface area contributed by atoms with Crippen LogP contribution < -0.4 is 4.74 Å². The van der Waals surface area contributed by atoms with Crippen molar-refractivity contribution in [3.63, 3.8) is 0 Å². The van der Waals surface area contributed by atoms with Crippen LogP contribution in [-0.4, -0.2) is 22.4 Å². The molecule has 1 N–H and O–H groups in total. The minimum absolute atomic E-state index is 0.281. The van der Waals surface area contributed by atoms with Gasteiger partial charge in [0.15, 0.2) is 11.6 Å². The van der Waals surface area contributed by atoms with Crippen LogP contribution in [-0.2, 0) is 0 Å². The smallest absolute Gasteiger partial charge is 0.478 e. The van der Waals surface area contributed by atoms with E-state index in [9.17, 15) is 22.4 Å². The molecule has 1 aromatic carbocycles. The number of hydrogen-bond acceptors (Lipinski definition) is 4. The Morgan fingerprint density at radius 2 is 2.11 bits per heavy atom. The van der Waals surface area contributed by atoms with Gasteiger partial charge < -0.3 is 9.84 Å². The van der Waals surface area contributed by atoms with Gasteiger partial charge in [0.2, 0.25) is 0 Å². The fourth-order valence-electron chi connectivity index (χ4n) is 1.49. The predicted octanol–water partition coefficient (Wildman–Crippen LogP) is 3.34. The van der Waals surface area contributed by atoms with E-state index in [0.717, 1.165) is 11.3 Å². The summed E-state index contributed by atoms with van der Waals surface area (Å²) in [6.07, 6.45) is -5.02. The second-order valence-corrected chi connectivity index (χ2v) is 4.70. The normalized spacial score (nSPS) is 11.8. The van der Waals surface area contributed by atoms with Gasteiger partial charge in [-0.1, -0.05) is 0 Å². The van der Waals surface area contributed by atoms with Crippen molar-refractivity contribution in [3.8, 4) is 5.75 Å². The quantitative estimate of drug-likeness (QED) is 0.863. The number of aryl methyl sites for hydroxylation is 1. The molecule has 0 aliphatic rings. The van der Waals surface area contributed by atoms with Crippen LogP contribution in [0.15, 0.2) is 6.07 Å². The monoisotopic (exact) mass is 295 g/mol. The molecular formula is C10H5F4NO3S. The molecule has 0 saturated carbocycles. The number of aromatic nitrogens is 1. The Balaban J connectivity index is 2.74. The van der Waals surface area contributed by atoms with Crippen LogP contribution in [0.5, 0.6) is 5.75 Å². The average molecular weight is 295 g/mol. The first-order valence-corrected chi connectivity index (χ1v) is 5.59. The summed E-state index contributed by atoms with van der Waals surface area (Å²) in [6.45, 7) is 1.46. The summed E-state index contributed by atoms with van der Waals surface area (Å²) >= 11 is 0.754. The fraction of sp³-hybridized carbons (Fsp3) is 0.200. The van der Waals surface area contributed by atoms with E-state index in [-0.39, 0.29) is 10.2 Å². The third-order valence-corrected chi connectivity index (χ3v) is 3.10. The van der Waals surface area contributed by atoms with Crippen LogP contribution in [0.25, 0.3) is 10.2 Å². The molecule has 1 aromatic heterocycles. The Morgan fingerprint density at radius 3 is 2.63 bits per heavy atom. The van der Waals surface area contributed by atoms with E-state index >= 15 is 0 Å². The van der Waals surface area contributed by atoms with Crippen molar-refractivity contribution in [1.82, 2.24) is 4.98 Å². The maximum absolute atomic E-state index is 13.8. The first kappa shape index (κ1) is 13.5. The molecule has 0 fully saturated rings. The summed E-state index contributed by atoms with van der Waals surface area (Å²) in [7, 11) is 0. The van der Waals surface area contributed by atoms with Crippen molar-refractivity contribution in [3.05, 3.63) is 22.5 Å². The van der Waals surface area contributed by atoms with Crippen LogP contribution in [0, 0.1) is 12.7 Å². The molecule has 1 heterocycles. The SMILES string of the molecule is Cc1nc2c(OC(F)(F)F)cc(C(=O)O)c(F)c2s1. The molecule has 4 nitrogen and oxygen atoms in total. The molecule has 0 atom stereocenters. The lowest BCUT2D eigenvalue weighted by molar-refractivity contribution is -0.274. The number of thiazole rings is 1. The van der Waals surface area contributed by atoms with Gasteiger partial charge in [0, 0.05) is 6.07 Å². The molecule has 19 heavy (non-hydrogen) atoms. The lowest BCUT2D eigenvalue weighted by Gasteiger charge is -2.10. The molecule has 2 aromatic rings. The van der Waals surface area contributed by atoms with Crippen molar-refractivity contribution in [2.24, 2.45) is 0 Å². The molecule has 0 amide bonds. The highest BCUT2D eigenvalue weighted by atomic mass is 32.1. The van der Waals surface area contributed by atoms with Crippen LogP contribution in [0.2, 0.25) is 0 Å². The Bertz CT molecular complexity index is 665. The molecule has 0 saturated heterocycles. The van der Waals surface area contributed by atoms with Crippen LogP contribution in [0.3, 0.4) is 0 Å². The standard InChI is InChI=1S/C10H5F4NO3S/c1-3-15-7-5(18-10(12,13)14)2-4(9(16)17)6(11)8(7)19-3/h2H,1H3,(H,16,17). The van der Waals surface area contributed by atoms with Crippen molar-refractivity contribution >= 4 is 27.5 Å². The summed E-state index contributed by atoms with van der Waals surface area (Å²) < 4.78 is 53.9. The van der Waals surface area contributed by atoms with E-state index in [0.29, 0.717) is 11.1 Å². The fourth-order valence-corrected chi connectivity index (χ4v) is 2.36. The zero-order valence-corrected chi connectivity index (χ0v) is 10.0. The number of carboxylic acids is 1.